The van der Waals surface area contributed by atoms with E-state index in [1.165, 1.54) is 17.4 Å². The van der Waals surface area contributed by atoms with Crippen molar-refractivity contribution in [1.29, 1.82) is 0 Å². The van der Waals surface area contributed by atoms with E-state index in [9.17, 15) is 13.2 Å². The van der Waals surface area contributed by atoms with Crippen LogP contribution in [-0.2, 0) is 14.6 Å². The zero-order valence-corrected chi connectivity index (χ0v) is 18.8. The highest BCUT2D eigenvalue weighted by Crippen LogP contribution is 2.34. The second-order valence-electron chi connectivity index (χ2n) is 7.75. The zero-order valence-electron chi connectivity index (χ0n) is 17.2. The Bertz CT molecular complexity index is 1210. The quantitative estimate of drug-likeness (QED) is 0.591. The van der Waals surface area contributed by atoms with E-state index in [-0.39, 0.29) is 22.5 Å². The van der Waals surface area contributed by atoms with Crippen LogP contribution in [-0.4, -0.2) is 44.8 Å². The molecule has 0 saturated carbocycles. The Balaban J connectivity index is 1.81. The maximum atomic E-state index is 13.6. The Kier molecular flexibility index (Phi) is 5.65. The second kappa shape index (κ2) is 8.09. The first-order valence-corrected chi connectivity index (χ1v) is 12.5. The van der Waals surface area contributed by atoms with Crippen LogP contribution in [0.1, 0.15) is 34.3 Å². The molecule has 6 nitrogen and oxygen atoms in total. The summed E-state index contributed by atoms with van der Waals surface area (Å²) in [6, 6.07) is 10.4. The number of fused-ring (bicyclic) bond motifs is 1. The summed E-state index contributed by atoms with van der Waals surface area (Å²) in [5, 5.41) is 0.558. The van der Waals surface area contributed by atoms with Crippen molar-refractivity contribution >= 4 is 42.4 Å². The summed E-state index contributed by atoms with van der Waals surface area (Å²) >= 11 is 1.45. The number of hydrogen-bond donors (Lipinski definition) is 0. The fourth-order valence-electron chi connectivity index (χ4n) is 3.83. The van der Waals surface area contributed by atoms with Crippen LogP contribution in [0.3, 0.4) is 0 Å². The van der Waals surface area contributed by atoms with Gasteiger partial charge in [-0.25, -0.2) is 13.4 Å². The number of nitrogens with zero attached hydrogens (tertiary/aromatic N) is 2. The summed E-state index contributed by atoms with van der Waals surface area (Å²) in [6.07, 6.45) is 2.84. The van der Waals surface area contributed by atoms with Crippen LogP contribution in [0.15, 0.2) is 41.3 Å². The lowest BCUT2D eigenvalue weighted by Crippen LogP contribution is -2.38. The monoisotopic (exact) mass is 444 g/mol. The normalized spacial score (nSPS) is 16.8. The van der Waals surface area contributed by atoms with E-state index in [0.717, 1.165) is 40.4 Å². The maximum Gasteiger partial charge on any atom is 0.261 e. The highest BCUT2D eigenvalue weighted by Gasteiger charge is 2.30. The maximum absolute atomic E-state index is 13.6. The molecule has 8 heteroatoms. The number of sulfone groups is 1. The average molecular weight is 445 g/mol. The third-order valence-corrected chi connectivity index (χ3v) is 7.60. The lowest BCUT2D eigenvalue weighted by atomic mass is 10.1. The number of carbonyl (C=O) groups excluding carboxylic acids is 1. The molecule has 2 aromatic carbocycles. The van der Waals surface area contributed by atoms with Gasteiger partial charge in [0, 0.05) is 12.9 Å². The lowest BCUT2D eigenvalue weighted by molar-refractivity contribution is 0.0915. The van der Waals surface area contributed by atoms with Crippen LogP contribution in [0, 0.1) is 13.8 Å². The second-order valence-corrected chi connectivity index (χ2v) is 10.7. The van der Waals surface area contributed by atoms with Crippen molar-refractivity contribution in [2.45, 2.75) is 37.7 Å². The predicted molar refractivity (Wildman–Crippen MR) is 119 cm³/mol. The Morgan fingerprint density at radius 3 is 2.73 bits per heavy atom. The number of thiazole rings is 1. The smallest absolute Gasteiger partial charge is 0.261 e. The molecule has 0 aliphatic carbocycles. The SMILES string of the molecule is Cc1cc(C)c2sc(N(CC3CCCO3)C(=O)c3ccccc3S(C)(=O)=O)nc2c1. The number of rotatable bonds is 5. The first kappa shape index (κ1) is 21.0. The zero-order chi connectivity index (χ0) is 21.5. The van der Waals surface area contributed by atoms with Crippen molar-refractivity contribution in [2.24, 2.45) is 0 Å². The van der Waals surface area contributed by atoms with Gasteiger partial charge in [0.05, 0.1) is 33.3 Å². The van der Waals surface area contributed by atoms with Crippen LogP contribution >= 0.6 is 11.3 Å². The molecule has 1 fully saturated rings. The van der Waals surface area contributed by atoms with Crippen LogP contribution in [0.5, 0.6) is 0 Å². The topological polar surface area (TPSA) is 76.6 Å². The summed E-state index contributed by atoms with van der Waals surface area (Å²) in [5.41, 5.74) is 3.21. The Hall–Kier alpha value is -2.29. The highest BCUT2D eigenvalue weighted by molar-refractivity contribution is 7.90. The molecule has 158 valence electrons. The summed E-state index contributed by atoms with van der Waals surface area (Å²) in [7, 11) is -3.55. The molecule has 0 spiro atoms. The highest BCUT2D eigenvalue weighted by atomic mass is 32.2. The molecular formula is C22H24N2O4S2. The van der Waals surface area contributed by atoms with Gasteiger partial charge in [-0.05, 0) is 56.0 Å². The number of hydrogen-bond acceptors (Lipinski definition) is 6. The van der Waals surface area contributed by atoms with E-state index in [4.69, 9.17) is 9.72 Å². The van der Waals surface area contributed by atoms with Gasteiger partial charge >= 0.3 is 0 Å². The minimum Gasteiger partial charge on any atom is -0.376 e. The first-order valence-electron chi connectivity index (χ1n) is 9.84. The summed E-state index contributed by atoms with van der Waals surface area (Å²) in [5.74, 6) is -0.375. The van der Waals surface area contributed by atoms with Crippen molar-refractivity contribution in [3.8, 4) is 0 Å². The molecule has 1 atom stereocenters. The molecular weight excluding hydrogens is 420 g/mol. The predicted octanol–water partition coefficient (Wildman–Crippen LogP) is 4.14. The molecule has 1 aromatic heterocycles. The molecule has 4 rings (SSSR count). The molecule has 3 aromatic rings. The summed E-state index contributed by atoms with van der Waals surface area (Å²) in [4.78, 5) is 19.9. The Labute approximate surface area is 180 Å². The van der Waals surface area contributed by atoms with Crippen molar-refractivity contribution in [2.75, 3.05) is 24.3 Å². The van der Waals surface area contributed by atoms with Crippen molar-refractivity contribution < 1.29 is 17.9 Å². The molecule has 1 amide bonds. The number of aryl methyl sites for hydroxylation is 2. The lowest BCUT2D eigenvalue weighted by Gasteiger charge is -2.24. The summed E-state index contributed by atoms with van der Waals surface area (Å²) < 4.78 is 31.3. The molecule has 0 N–H and O–H groups in total. The van der Waals surface area contributed by atoms with Gasteiger partial charge in [0.2, 0.25) is 0 Å². The molecule has 2 heterocycles. The van der Waals surface area contributed by atoms with Gasteiger partial charge in [-0.3, -0.25) is 9.69 Å². The third kappa shape index (κ3) is 4.12. The van der Waals surface area contributed by atoms with Crippen molar-refractivity contribution in [1.82, 2.24) is 4.98 Å². The largest absolute Gasteiger partial charge is 0.376 e. The number of anilines is 1. The first-order chi connectivity index (χ1) is 14.2. The fourth-order valence-corrected chi connectivity index (χ4v) is 5.74. The molecule has 1 saturated heterocycles. The Morgan fingerprint density at radius 2 is 2.03 bits per heavy atom. The molecule has 30 heavy (non-hydrogen) atoms. The molecule has 1 aliphatic heterocycles. The van der Waals surface area contributed by atoms with Crippen molar-refractivity contribution in [3.63, 3.8) is 0 Å². The van der Waals surface area contributed by atoms with E-state index in [1.54, 1.807) is 23.1 Å². The number of amides is 1. The third-order valence-electron chi connectivity index (χ3n) is 5.21. The van der Waals surface area contributed by atoms with Crippen LogP contribution in [0.4, 0.5) is 5.13 Å². The van der Waals surface area contributed by atoms with Crippen LogP contribution < -0.4 is 4.90 Å². The van der Waals surface area contributed by atoms with Gasteiger partial charge in [0.1, 0.15) is 0 Å². The minimum atomic E-state index is -3.55. The van der Waals surface area contributed by atoms with Gasteiger partial charge in [-0.15, -0.1) is 0 Å². The van der Waals surface area contributed by atoms with E-state index in [1.807, 2.05) is 19.9 Å². The van der Waals surface area contributed by atoms with Crippen LogP contribution in [0.2, 0.25) is 0 Å². The van der Waals surface area contributed by atoms with Crippen LogP contribution in [0.25, 0.3) is 10.2 Å². The fraction of sp³-hybridized carbons (Fsp3) is 0.364. The van der Waals surface area contributed by atoms with Gasteiger partial charge < -0.3 is 4.74 Å². The van der Waals surface area contributed by atoms with E-state index < -0.39 is 9.84 Å². The molecule has 0 radical (unpaired) electrons. The van der Waals surface area contributed by atoms with E-state index >= 15 is 0 Å². The molecule has 1 unspecified atom stereocenters. The number of carbonyl (C=O) groups is 1. The minimum absolute atomic E-state index is 0.0282. The van der Waals surface area contributed by atoms with Gasteiger partial charge in [-0.1, -0.05) is 29.5 Å². The number of aromatic nitrogens is 1. The molecule has 0 bridgehead atoms. The standard InChI is InChI=1S/C22H24N2O4S2/c1-14-11-15(2)20-18(12-14)23-22(29-20)24(13-16-7-6-10-28-16)21(25)17-8-4-5-9-19(17)30(3,26)27/h4-5,8-9,11-12,16H,6-7,10,13H2,1-3H3. The number of benzene rings is 2. The van der Waals surface area contributed by atoms with Gasteiger partial charge in [0.15, 0.2) is 15.0 Å². The van der Waals surface area contributed by atoms with Gasteiger partial charge in [0.25, 0.3) is 5.91 Å². The summed E-state index contributed by atoms with van der Waals surface area (Å²) in [6.45, 7) is 5.06. The molecule has 1 aliphatic rings. The average Bonchev–Trinajstić information content (AvgIpc) is 3.34. The van der Waals surface area contributed by atoms with E-state index in [2.05, 4.69) is 6.07 Å². The van der Waals surface area contributed by atoms with E-state index in [0.29, 0.717) is 18.3 Å². The van der Waals surface area contributed by atoms with Crippen molar-refractivity contribution in [3.05, 3.63) is 53.1 Å². The number of ether oxygens (including phenoxy) is 1. The van der Waals surface area contributed by atoms with Gasteiger partial charge in [-0.2, -0.15) is 0 Å². The Morgan fingerprint density at radius 1 is 1.27 bits per heavy atom.